The van der Waals surface area contributed by atoms with Crippen molar-refractivity contribution in [2.45, 2.75) is 46.5 Å². The number of carboxylic acids is 1. The molecule has 98 valence electrons. The fraction of sp³-hybridized carbons (Fsp3) is 0.846. The van der Waals surface area contributed by atoms with Crippen molar-refractivity contribution in [3.63, 3.8) is 0 Å². The van der Waals surface area contributed by atoms with Crippen LogP contribution in [0.3, 0.4) is 0 Å². The summed E-state index contributed by atoms with van der Waals surface area (Å²) in [5.41, 5.74) is 0.190. The van der Waals surface area contributed by atoms with Gasteiger partial charge in [0.25, 0.3) is 0 Å². The standard InChI is InChI=1S/C13H23NO3/c1-13(2,3)7-8-14-11(15)9-5-4-6-10(9)12(16)17/h9-10H,4-8H2,1-3H3,(H,14,15)(H,16,17)/t9-,10+/m1/s1. The summed E-state index contributed by atoms with van der Waals surface area (Å²) in [6.07, 6.45) is 3.09. The van der Waals surface area contributed by atoms with E-state index >= 15 is 0 Å². The molecule has 0 spiro atoms. The number of aliphatic carboxylic acids is 1. The first-order valence-corrected chi connectivity index (χ1v) is 6.32. The molecule has 0 aromatic heterocycles. The number of carbonyl (C=O) groups excluding carboxylic acids is 1. The molecule has 0 saturated heterocycles. The number of carbonyl (C=O) groups is 2. The maximum absolute atomic E-state index is 11.9. The van der Waals surface area contributed by atoms with Crippen molar-refractivity contribution in [1.82, 2.24) is 5.32 Å². The Balaban J connectivity index is 2.40. The van der Waals surface area contributed by atoms with E-state index in [2.05, 4.69) is 26.1 Å². The van der Waals surface area contributed by atoms with E-state index < -0.39 is 11.9 Å². The Kier molecular flexibility index (Phi) is 4.54. The summed E-state index contributed by atoms with van der Waals surface area (Å²) in [5.74, 6) is -1.73. The first-order chi connectivity index (χ1) is 7.81. The summed E-state index contributed by atoms with van der Waals surface area (Å²) in [5, 5.41) is 11.9. The summed E-state index contributed by atoms with van der Waals surface area (Å²) in [6, 6.07) is 0. The zero-order chi connectivity index (χ0) is 13.1. The lowest BCUT2D eigenvalue weighted by molar-refractivity contribution is -0.146. The molecule has 4 nitrogen and oxygen atoms in total. The average molecular weight is 241 g/mol. The SMILES string of the molecule is CC(C)(C)CCNC(=O)[C@@H]1CCC[C@@H]1C(=O)O. The molecule has 0 heterocycles. The van der Waals surface area contributed by atoms with Crippen molar-refractivity contribution in [2.24, 2.45) is 17.3 Å². The molecule has 0 radical (unpaired) electrons. The number of carboxylic acid groups (broad SMARTS) is 1. The highest BCUT2D eigenvalue weighted by atomic mass is 16.4. The van der Waals surface area contributed by atoms with Crippen LogP contribution in [0.15, 0.2) is 0 Å². The van der Waals surface area contributed by atoms with Crippen LogP contribution in [0.4, 0.5) is 0 Å². The zero-order valence-corrected chi connectivity index (χ0v) is 11.0. The molecule has 0 bridgehead atoms. The molecule has 4 heteroatoms. The Morgan fingerprint density at radius 3 is 2.35 bits per heavy atom. The van der Waals surface area contributed by atoms with Gasteiger partial charge in [-0.3, -0.25) is 9.59 Å². The van der Waals surface area contributed by atoms with Crippen LogP contribution in [0, 0.1) is 17.3 Å². The monoisotopic (exact) mass is 241 g/mol. The van der Waals surface area contributed by atoms with Crippen LogP contribution >= 0.6 is 0 Å². The van der Waals surface area contributed by atoms with E-state index in [1.165, 1.54) is 0 Å². The lowest BCUT2D eigenvalue weighted by Gasteiger charge is -2.20. The quantitative estimate of drug-likeness (QED) is 0.791. The number of hydrogen-bond donors (Lipinski definition) is 2. The molecule has 0 aromatic rings. The van der Waals surface area contributed by atoms with Gasteiger partial charge >= 0.3 is 5.97 Å². The average Bonchev–Trinajstić information content (AvgIpc) is 2.63. The predicted octanol–water partition coefficient (Wildman–Crippen LogP) is 2.04. The molecule has 17 heavy (non-hydrogen) atoms. The van der Waals surface area contributed by atoms with Crippen molar-refractivity contribution >= 4 is 11.9 Å². The Hall–Kier alpha value is -1.06. The zero-order valence-electron chi connectivity index (χ0n) is 11.0. The predicted molar refractivity (Wildman–Crippen MR) is 65.5 cm³/mol. The number of rotatable bonds is 4. The van der Waals surface area contributed by atoms with Crippen LogP contribution in [-0.4, -0.2) is 23.5 Å². The molecule has 0 aromatic carbocycles. The summed E-state index contributed by atoms with van der Waals surface area (Å²) in [4.78, 5) is 22.8. The molecule has 2 atom stereocenters. The van der Waals surface area contributed by atoms with Crippen LogP contribution in [-0.2, 0) is 9.59 Å². The van der Waals surface area contributed by atoms with Gasteiger partial charge in [-0.15, -0.1) is 0 Å². The van der Waals surface area contributed by atoms with Crippen molar-refractivity contribution in [3.05, 3.63) is 0 Å². The third-order valence-corrected chi connectivity index (χ3v) is 3.34. The van der Waals surface area contributed by atoms with Gasteiger partial charge in [-0.25, -0.2) is 0 Å². The molecule has 1 aliphatic rings. The summed E-state index contributed by atoms with van der Waals surface area (Å²) in [7, 11) is 0. The summed E-state index contributed by atoms with van der Waals surface area (Å²) < 4.78 is 0. The van der Waals surface area contributed by atoms with E-state index in [1.54, 1.807) is 0 Å². The maximum atomic E-state index is 11.9. The molecule has 1 amide bonds. The molecule has 1 fully saturated rings. The van der Waals surface area contributed by atoms with Crippen molar-refractivity contribution in [2.75, 3.05) is 6.54 Å². The third-order valence-electron chi connectivity index (χ3n) is 3.34. The van der Waals surface area contributed by atoms with Gasteiger partial charge in [0, 0.05) is 6.54 Å². The van der Waals surface area contributed by atoms with E-state index in [0.29, 0.717) is 19.4 Å². The van der Waals surface area contributed by atoms with Crippen LogP contribution in [0.5, 0.6) is 0 Å². The number of amides is 1. The smallest absolute Gasteiger partial charge is 0.307 e. The van der Waals surface area contributed by atoms with Crippen LogP contribution < -0.4 is 5.32 Å². The number of hydrogen-bond acceptors (Lipinski definition) is 2. The lowest BCUT2D eigenvalue weighted by atomic mass is 9.91. The second-order valence-electron chi connectivity index (χ2n) is 6.08. The highest BCUT2D eigenvalue weighted by molar-refractivity contribution is 5.85. The first-order valence-electron chi connectivity index (χ1n) is 6.32. The van der Waals surface area contributed by atoms with Crippen LogP contribution in [0.1, 0.15) is 46.5 Å². The second kappa shape index (κ2) is 5.52. The second-order valence-corrected chi connectivity index (χ2v) is 6.08. The summed E-state index contributed by atoms with van der Waals surface area (Å²) in [6.45, 7) is 6.99. The van der Waals surface area contributed by atoms with Gasteiger partial charge in [0.15, 0.2) is 0 Å². The molecule has 1 saturated carbocycles. The minimum absolute atomic E-state index is 0.0841. The fourth-order valence-electron chi connectivity index (χ4n) is 2.26. The van der Waals surface area contributed by atoms with Crippen LogP contribution in [0.25, 0.3) is 0 Å². The normalized spacial score (nSPS) is 24.6. The van der Waals surface area contributed by atoms with Gasteiger partial charge in [-0.2, -0.15) is 0 Å². The molecule has 1 aliphatic carbocycles. The Morgan fingerprint density at radius 2 is 1.82 bits per heavy atom. The molecular weight excluding hydrogens is 218 g/mol. The topological polar surface area (TPSA) is 66.4 Å². The Morgan fingerprint density at radius 1 is 1.24 bits per heavy atom. The van der Waals surface area contributed by atoms with Gasteiger partial charge in [0.2, 0.25) is 5.91 Å². The molecule has 0 unspecified atom stereocenters. The largest absolute Gasteiger partial charge is 0.481 e. The first kappa shape index (κ1) is 14.0. The van der Waals surface area contributed by atoms with Gasteiger partial charge in [-0.05, 0) is 24.7 Å². The van der Waals surface area contributed by atoms with E-state index in [9.17, 15) is 9.59 Å². The van der Waals surface area contributed by atoms with Gasteiger partial charge in [0.05, 0.1) is 11.8 Å². The van der Waals surface area contributed by atoms with E-state index in [-0.39, 0.29) is 17.2 Å². The minimum Gasteiger partial charge on any atom is -0.481 e. The number of nitrogens with one attached hydrogen (secondary N) is 1. The molecule has 2 N–H and O–H groups in total. The third kappa shape index (κ3) is 4.36. The van der Waals surface area contributed by atoms with Gasteiger partial charge in [-0.1, -0.05) is 27.2 Å². The van der Waals surface area contributed by atoms with E-state index in [0.717, 1.165) is 12.8 Å². The Labute approximate surface area is 103 Å². The fourth-order valence-corrected chi connectivity index (χ4v) is 2.26. The van der Waals surface area contributed by atoms with Crippen molar-refractivity contribution in [1.29, 1.82) is 0 Å². The highest BCUT2D eigenvalue weighted by Gasteiger charge is 2.37. The molecular formula is C13H23NO3. The van der Waals surface area contributed by atoms with Crippen molar-refractivity contribution in [3.8, 4) is 0 Å². The van der Waals surface area contributed by atoms with E-state index in [4.69, 9.17) is 5.11 Å². The van der Waals surface area contributed by atoms with Gasteiger partial charge < -0.3 is 10.4 Å². The minimum atomic E-state index is -0.835. The van der Waals surface area contributed by atoms with Crippen LogP contribution in [0.2, 0.25) is 0 Å². The lowest BCUT2D eigenvalue weighted by Crippen LogP contribution is -2.36. The molecule has 0 aliphatic heterocycles. The Bertz CT molecular complexity index is 294. The highest BCUT2D eigenvalue weighted by Crippen LogP contribution is 2.32. The molecule has 1 rings (SSSR count). The van der Waals surface area contributed by atoms with Gasteiger partial charge in [0.1, 0.15) is 0 Å². The van der Waals surface area contributed by atoms with Crippen molar-refractivity contribution < 1.29 is 14.7 Å². The van der Waals surface area contributed by atoms with E-state index in [1.807, 2.05) is 0 Å². The maximum Gasteiger partial charge on any atom is 0.307 e. The summed E-state index contributed by atoms with van der Waals surface area (Å²) >= 11 is 0.